The van der Waals surface area contributed by atoms with E-state index in [9.17, 15) is 4.57 Å². The summed E-state index contributed by atoms with van der Waals surface area (Å²) in [5.41, 5.74) is 8.47. The third-order valence-electron chi connectivity index (χ3n) is 5.72. The van der Waals surface area contributed by atoms with Gasteiger partial charge in [-0.3, -0.25) is 4.57 Å². The minimum Gasteiger partial charge on any atom is -0.315 e. The first-order valence-corrected chi connectivity index (χ1v) is 11.9. The SMILES string of the molecule is CC(C)(C)C1CCC(P(=O)(NNc2ccccc2)NNc2ccccc2)CC1. The van der Waals surface area contributed by atoms with E-state index in [1.54, 1.807) is 0 Å². The lowest BCUT2D eigenvalue weighted by molar-refractivity contribution is 0.180. The van der Waals surface area contributed by atoms with Crippen molar-refractivity contribution in [2.45, 2.75) is 52.1 Å². The molecule has 28 heavy (non-hydrogen) atoms. The lowest BCUT2D eigenvalue weighted by Crippen LogP contribution is -2.39. The molecule has 5 nitrogen and oxygen atoms in total. The Morgan fingerprint density at radius 1 is 0.750 bits per heavy atom. The van der Waals surface area contributed by atoms with Gasteiger partial charge < -0.3 is 10.9 Å². The number of benzene rings is 2. The maximum atomic E-state index is 13.9. The van der Waals surface area contributed by atoms with E-state index in [4.69, 9.17) is 0 Å². The van der Waals surface area contributed by atoms with Gasteiger partial charge in [0.15, 0.2) is 0 Å². The van der Waals surface area contributed by atoms with Crippen LogP contribution in [0.5, 0.6) is 0 Å². The highest BCUT2D eigenvalue weighted by Gasteiger charge is 2.39. The smallest absolute Gasteiger partial charge is 0.248 e. The molecule has 1 fully saturated rings. The molecule has 0 aliphatic heterocycles. The minimum atomic E-state index is -2.93. The zero-order chi connectivity index (χ0) is 20.0. The van der Waals surface area contributed by atoms with Crippen LogP contribution in [0, 0.1) is 11.3 Å². The van der Waals surface area contributed by atoms with Crippen LogP contribution in [0.1, 0.15) is 46.5 Å². The summed E-state index contributed by atoms with van der Waals surface area (Å²) in [5, 5.41) is 6.28. The summed E-state index contributed by atoms with van der Waals surface area (Å²) >= 11 is 0. The Kier molecular flexibility index (Phi) is 6.82. The largest absolute Gasteiger partial charge is 0.315 e. The second-order valence-corrected chi connectivity index (χ2v) is 11.2. The van der Waals surface area contributed by atoms with Crippen molar-refractivity contribution in [1.82, 2.24) is 10.4 Å². The normalized spacial score (nSPS) is 20.5. The minimum absolute atomic E-state index is 0.0820. The van der Waals surface area contributed by atoms with Crippen LogP contribution in [-0.4, -0.2) is 5.66 Å². The maximum absolute atomic E-state index is 13.9. The molecule has 0 aromatic heterocycles. The highest BCUT2D eigenvalue weighted by molar-refractivity contribution is 7.60. The zero-order valence-electron chi connectivity index (χ0n) is 17.1. The summed E-state index contributed by atoms with van der Waals surface area (Å²) in [6.07, 6.45) is 4.12. The fourth-order valence-corrected chi connectivity index (χ4v) is 5.89. The van der Waals surface area contributed by atoms with Gasteiger partial charge >= 0.3 is 0 Å². The van der Waals surface area contributed by atoms with Crippen LogP contribution in [0.25, 0.3) is 0 Å². The van der Waals surface area contributed by atoms with E-state index in [-0.39, 0.29) is 5.66 Å². The van der Waals surface area contributed by atoms with Crippen molar-refractivity contribution in [2.24, 2.45) is 11.3 Å². The monoisotopic (exact) mass is 400 g/mol. The molecule has 0 amide bonds. The lowest BCUT2D eigenvalue weighted by atomic mass is 9.72. The molecule has 152 valence electrons. The quantitative estimate of drug-likeness (QED) is 0.338. The molecular formula is C22H33N4OP. The van der Waals surface area contributed by atoms with Gasteiger partial charge in [0.1, 0.15) is 0 Å². The molecule has 3 rings (SSSR count). The van der Waals surface area contributed by atoms with Crippen molar-refractivity contribution >= 4 is 18.8 Å². The molecule has 2 aromatic carbocycles. The Morgan fingerprint density at radius 2 is 1.18 bits per heavy atom. The Morgan fingerprint density at radius 3 is 1.57 bits per heavy atom. The second kappa shape index (κ2) is 9.13. The van der Waals surface area contributed by atoms with Gasteiger partial charge in [0, 0.05) is 17.0 Å². The molecule has 2 aromatic rings. The van der Waals surface area contributed by atoms with Crippen molar-refractivity contribution in [3.8, 4) is 0 Å². The van der Waals surface area contributed by atoms with Crippen LogP contribution in [0.15, 0.2) is 60.7 Å². The molecule has 0 saturated heterocycles. The van der Waals surface area contributed by atoms with Crippen LogP contribution in [-0.2, 0) is 4.57 Å². The first-order valence-electron chi connectivity index (χ1n) is 10.1. The van der Waals surface area contributed by atoms with Crippen molar-refractivity contribution in [2.75, 3.05) is 10.9 Å². The van der Waals surface area contributed by atoms with Crippen LogP contribution >= 0.6 is 7.44 Å². The van der Waals surface area contributed by atoms with Crippen LogP contribution in [0.4, 0.5) is 11.4 Å². The summed E-state index contributed by atoms with van der Waals surface area (Å²) in [6, 6.07) is 19.6. The van der Waals surface area contributed by atoms with E-state index < -0.39 is 7.44 Å². The fourth-order valence-electron chi connectivity index (χ4n) is 3.85. The molecule has 0 bridgehead atoms. The topological polar surface area (TPSA) is 65.2 Å². The number of para-hydroxylation sites is 2. The van der Waals surface area contributed by atoms with Crippen molar-refractivity contribution in [3.05, 3.63) is 60.7 Å². The Hall–Kier alpha value is -1.81. The predicted molar refractivity (Wildman–Crippen MR) is 119 cm³/mol. The van der Waals surface area contributed by atoms with Crippen LogP contribution in [0.3, 0.4) is 0 Å². The van der Waals surface area contributed by atoms with E-state index >= 15 is 0 Å². The number of hydrazine groups is 2. The summed E-state index contributed by atoms with van der Waals surface area (Å²) < 4.78 is 13.9. The Balaban J connectivity index is 1.69. The number of anilines is 2. The van der Waals surface area contributed by atoms with E-state index in [0.29, 0.717) is 11.3 Å². The Labute approximate surface area is 169 Å². The molecule has 0 radical (unpaired) electrons. The zero-order valence-corrected chi connectivity index (χ0v) is 18.0. The average Bonchev–Trinajstić information content (AvgIpc) is 2.72. The van der Waals surface area contributed by atoms with Gasteiger partial charge in [-0.25, -0.2) is 0 Å². The number of hydrogen-bond acceptors (Lipinski definition) is 3. The van der Waals surface area contributed by atoms with Crippen LogP contribution < -0.4 is 21.2 Å². The average molecular weight is 401 g/mol. The third kappa shape index (κ3) is 5.60. The van der Waals surface area contributed by atoms with Crippen LogP contribution in [0.2, 0.25) is 0 Å². The van der Waals surface area contributed by atoms with Crippen molar-refractivity contribution in [1.29, 1.82) is 0 Å². The van der Waals surface area contributed by atoms with Gasteiger partial charge in [0.2, 0.25) is 7.44 Å². The summed E-state index contributed by atoms with van der Waals surface area (Å²) in [5.74, 6) is 0.682. The van der Waals surface area contributed by atoms with E-state index in [2.05, 4.69) is 42.0 Å². The van der Waals surface area contributed by atoms with Gasteiger partial charge in [-0.2, -0.15) is 10.4 Å². The van der Waals surface area contributed by atoms with Gasteiger partial charge in [-0.15, -0.1) is 0 Å². The molecule has 0 unspecified atom stereocenters. The molecule has 1 aliphatic rings. The number of nitrogens with one attached hydrogen (secondary N) is 4. The third-order valence-corrected chi connectivity index (χ3v) is 8.15. The summed E-state index contributed by atoms with van der Waals surface area (Å²) in [6.45, 7) is 6.92. The number of hydrogen-bond donors (Lipinski definition) is 4. The van der Waals surface area contributed by atoms with Crippen molar-refractivity contribution < 1.29 is 4.57 Å². The molecule has 0 atom stereocenters. The first kappa shape index (κ1) is 20.9. The molecular weight excluding hydrogens is 367 g/mol. The fraction of sp³-hybridized carbons (Fsp3) is 0.455. The lowest BCUT2D eigenvalue weighted by Gasteiger charge is -2.39. The van der Waals surface area contributed by atoms with Crippen molar-refractivity contribution in [3.63, 3.8) is 0 Å². The molecule has 6 heteroatoms. The molecule has 0 heterocycles. The highest BCUT2D eigenvalue weighted by Crippen LogP contribution is 2.51. The van der Waals surface area contributed by atoms with E-state index in [1.807, 2.05) is 60.7 Å². The molecule has 4 N–H and O–H groups in total. The molecule has 1 saturated carbocycles. The summed E-state index contributed by atoms with van der Waals surface area (Å²) in [7, 11) is -2.93. The van der Waals surface area contributed by atoms with E-state index in [0.717, 1.165) is 37.1 Å². The van der Waals surface area contributed by atoms with Gasteiger partial charge in [0.05, 0.1) is 0 Å². The maximum Gasteiger partial charge on any atom is 0.248 e. The second-order valence-electron chi connectivity index (χ2n) is 8.74. The van der Waals surface area contributed by atoms with Gasteiger partial charge in [-0.05, 0) is 61.3 Å². The van der Waals surface area contributed by atoms with E-state index in [1.165, 1.54) is 0 Å². The number of rotatable bonds is 7. The highest BCUT2D eigenvalue weighted by atomic mass is 31.2. The standard InChI is InChI=1S/C22H33N4OP/c1-22(2,3)18-14-16-21(17-15-18)28(27,25-23-19-10-6-4-7-11-19)26-24-20-12-8-5-9-13-20/h4-13,18,21,23-24H,14-17H2,1-3H3,(H2,25,26,27). The first-order chi connectivity index (χ1) is 13.4. The molecule has 0 spiro atoms. The predicted octanol–water partition coefficient (Wildman–Crippen LogP) is 6.02. The van der Waals surface area contributed by atoms with Gasteiger partial charge in [0.25, 0.3) is 0 Å². The van der Waals surface area contributed by atoms with Gasteiger partial charge in [-0.1, -0.05) is 57.2 Å². The summed E-state index contributed by atoms with van der Waals surface area (Å²) in [4.78, 5) is 0. The molecule has 1 aliphatic carbocycles. The Bertz CT molecular complexity index is 721.